The summed E-state index contributed by atoms with van der Waals surface area (Å²) in [5.41, 5.74) is 3.66. The number of fused-ring (bicyclic) bond motifs is 1. The molecule has 2 aromatic carbocycles. The van der Waals surface area contributed by atoms with Gasteiger partial charge in [-0.15, -0.1) is 11.3 Å². The number of thiazole rings is 1. The van der Waals surface area contributed by atoms with Crippen LogP contribution in [0.25, 0.3) is 0 Å². The number of rotatable bonds is 6. The number of hydrogen-bond acceptors (Lipinski definition) is 5. The molecule has 0 bridgehead atoms. The predicted octanol–water partition coefficient (Wildman–Crippen LogP) is 4.66. The van der Waals surface area contributed by atoms with E-state index >= 15 is 0 Å². The van der Waals surface area contributed by atoms with Crippen LogP contribution in [0.2, 0.25) is 5.02 Å². The van der Waals surface area contributed by atoms with Crippen molar-refractivity contribution in [1.82, 2.24) is 4.98 Å². The highest BCUT2D eigenvalue weighted by atomic mass is 35.5. The lowest BCUT2D eigenvalue weighted by molar-refractivity contribution is -0.118. The van der Waals surface area contributed by atoms with Crippen LogP contribution in [-0.2, 0) is 22.4 Å². The van der Waals surface area contributed by atoms with E-state index in [9.17, 15) is 9.59 Å². The first-order valence-electron chi connectivity index (χ1n) is 9.09. The second kappa shape index (κ2) is 8.98. The zero-order valence-electron chi connectivity index (χ0n) is 15.4. The first kappa shape index (κ1) is 19.9. The molecule has 2 amide bonds. The molecule has 0 spiro atoms. The largest absolute Gasteiger partial charge is 0.325 e. The number of nitrogens with zero attached hydrogens (tertiary/aromatic N) is 2. The van der Waals surface area contributed by atoms with Crippen LogP contribution >= 0.6 is 34.7 Å². The molecule has 0 radical (unpaired) electrons. The molecule has 0 atom stereocenters. The van der Waals surface area contributed by atoms with Gasteiger partial charge in [0.15, 0.2) is 4.34 Å². The number of aromatic nitrogens is 1. The Hall–Kier alpha value is -2.35. The van der Waals surface area contributed by atoms with E-state index in [1.54, 1.807) is 24.3 Å². The number of anilines is 2. The summed E-state index contributed by atoms with van der Waals surface area (Å²) in [6.07, 6.45) is 1.16. The summed E-state index contributed by atoms with van der Waals surface area (Å²) in [7, 11) is 0. The number of para-hydroxylation sites is 1. The fraction of sp³-hybridized carbons (Fsp3) is 0.190. The molecule has 1 aliphatic rings. The van der Waals surface area contributed by atoms with Gasteiger partial charge in [-0.25, -0.2) is 4.98 Å². The van der Waals surface area contributed by atoms with Gasteiger partial charge in [-0.1, -0.05) is 41.6 Å². The highest BCUT2D eigenvalue weighted by Crippen LogP contribution is 2.29. The molecular weight excluding hydrogens is 426 g/mol. The smallest absolute Gasteiger partial charge is 0.234 e. The number of benzene rings is 2. The van der Waals surface area contributed by atoms with E-state index in [0.29, 0.717) is 10.7 Å². The molecule has 0 fully saturated rings. The monoisotopic (exact) mass is 443 g/mol. The molecule has 1 aromatic heterocycles. The number of carbonyl (C=O) groups excluding carboxylic acids is 2. The van der Waals surface area contributed by atoms with Crippen molar-refractivity contribution in [3.05, 3.63) is 70.2 Å². The second-order valence-corrected chi connectivity index (χ2v) is 9.07. The van der Waals surface area contributed by atoms with Crippen LogP contribution in [0.4, 0.5) is 11.4 Å². The fourth-order valence-electron chi connectivity index (χ4n) is 3.14. The third-order valence-corrected chi connectivity index (χ3v) is 6.83. The molecule has 0 unspecified atom stereocenters. The number of halogens is 1. The lowest BCUT2D eigenvalue weighted by atomic mass is 10.2. The van der Waals surface area contributed by atoms with Crippen molar-refractivity contribution in [2.75, 3.05) is 22.5 Å². The van der Waals surface area contributed by atoms with E-state index in [2.05, 4.69) is 16.4 Å². The van der Waals surface area contributed by atoms with Crippen LogP contribution in [-0.4, -0.2) is 29.1 Å². The van der Waals surface area contributed by atoms with Gasteiger partial charge < -0.3 is 10.2 Å². The predicted molar refractivity (Wildman–Crippen MR) is 119 cm³/mol. The standard InChI is InChI=1S/C21H18ClN3O2S2/c22-15-5-7-16(8-6-15)23-19(26)13-29-21-24-17(12-28-21)11-20(27)25-10-9-14-3-1-2-4-18(14)25/h1-8,12H,9-11,13H2,(H,23,26). The molecular formula is C21H18ClN3O2S2. The minimum atomic E-state index is -0.112. The summed E-state index contributed by atoms with van der Waals surface area (Å²) in [5.74, 6) is 0.194. The Morgan fingerprint density at radius 2 is 1.97 bits per heavy atom. The van der Waals surface area contributed by atoms with E-state index < -0.39 is 0 Å². The maximum absolute atomic E-state index is 12.7. The SMILES string of the molecule is O=C(CSc1nc(CC(=O)N2CCc3ccccc32)cs1)Nc1ccc(Cl)cc1. The summed E-state index contributed by atoms with van der Waals surface area (Å²) in [5, 5.41) is 5.34. The molecule has 4 rings (SSSR count). The third-order valence-electron chi connectivity index (χ3n) is 4.51. The van der Waals surface area contributed by atoms with Crippen molar-refractivity contribution < 1.29 is 9.59 Å². The Bertz CT molecular complexity index is 1040. The van der Waals surface area contributed by atoms with Gasteiger partial charge in [0.2, 0.25) is 11.8 Å². The van der Waals surface area contributed by atoms with Gasteiger partial charge in [0, 0.05) is 28.3 Å². The first-order chi connectivity index (χ1) is 14.1. The van der Waals surface area contributed by atoms with Gasteiger partial charge in [-0.3, -0.25) is 9.59 Å². The lowest BCUT2D eigenvalue weighted by Gasteiger charge is -2.16. The van der Waals surface area contributed by atoms with Crippen LogP contribution in [0.3, 0.4) is 0 Å². The number of hydrogen-bond donors (Lipinski definition) is 1. The third kappa shape index (κ3) is 4.98. The summed E-state index contributed by atoms with van der Waals surface area (Å²) in [4.78, 5) is 31.1. The van der Waals surface area contributed by atoms with E-state index in [4.69, 9.17) is 11.6 Å². The normalized spacial score (nSPS) is 12.7. The number of carbonyl (C=O) groups is 2. The Balaban J connectivity index is 1.29. The molecule has 5 nitrogen and oxygen atoms in total. The summed E-state index contributed by atoms with van der Waals surface area (Å²) in [6.45, 7) is 0.717. The molecule has 0 saturated heterocycles. The number of amides is 2. The van der Waals surface area contributed by atoms with Crippen molar-refractivity contribution in [3.63, 3.8) is 0 Å². The highest BCUT2D eigenvalue weighted by molar-refractivity contribution is 8.01. The Morgan fingerprint density at radius 1 is 1.17 bits per heavy atom. The quantitative estimate of drug-likeness (QED) is 0.563. The molecule has 0 aliphatic carbocycles. The molecule has 1 N–H and O–H groups in total. The van der Waals surface area contributed by atoms with E-state index in [1.807, 2.05) is 28.5 Å². The molecule has 1 aliphatic heterocycles. The maximum Gasteiger partial charge on any atom is 0.234 e. The van der Waals surface area contributed by atoms with Crippen LogP contribution in [0.5, 0.6) is 0 Å². The minimum absolute atomic E-state index is 0.0530. The van der Waals surface area contributed by atoms with Gasteiger partial charge in [-0.05, 0) is 42.3 Å². The van der Waals surface area contributed by atoms with E-state index in [-0.39, 0.29) is 24.0 Å². The Kier molecular flexibility index (Phi) is 6.18. The number of nitrogens with one attached hydrogen (secondary N) is 1. The van der Waals surface area contributed by atoms with Gasteiger partial charge in [0.25, 0.3) is 0 Å². The number of thioether (sulfide) groups is 1. The van der Waals surface area contributed by atoms with Crippen molar-refractivity contribution >= 4 is 57.9 Å². The van der Waals surface area contributed by atoms with Gasteiger partial charge in [0.05, 0.1) is 17.9 Å². The van der Waals surface area contributed by atoms with Crippen LogP contribution in [0.1, 0.15) is 11.3 Å². The summed E-state index contributed by atoms with van der Waals surface area (Å²) in [6, 6.07) is 15.0. The lowest BCUT2D eigenvalue weighted by Crippen LogP contribution is -2.30. The van der Waals surface area contributed by atoms with Crippen molar-refractivity contribution in [1.29, 1.82) is 0 Å². The maximum atomic E-state index is 12.7. The highest BCUT2D eigenvalue weighted by Gasteiger charge is 2.24. The minimum Gasteiger partial charge on any atom is -0.325 e. The van der Waals surface area contributed by atoms with Crippen molar-refractivity contribution in [3.8, 4) is 0 Å². The van der Waals surface area contributed by atoms with Gasteiger partial charge >= 0.3 is 0 Å². The van der Waals surface area contributed by atoms with Crippen LogP contribution in [0.15, 0.2) is 58.3 Å². The topological polar surface area (TPSA) is 62.3 Å². The molecule has 0 saturated carbocycles. The summed E-state index contributed by atoms with van der Waals surface area (Å²) >= 11 is 8.66. The zero-order valence-corrected chi connectivity index (χ0v) is 17.8. The molecule has 29 heavy (non-hydrogen) atoms. The van der Waals surface area contributed by atoms with Gasteiger partial charge in [-0.2, -0.15) is 0 Å². The molecule has 8 heteroatoms. The zero-order chi connectivity index (χ0) is 20.2. The van der Waals surface area contributed by atoms with Crippen molar-refractivity contribution in [2.45, 2.75) is 17.2 Å². The van der Waals surface area contributed by atoms with Crippen LogP contribution < -0.4 is 10.2 Å². The molecule has 3 aromatic rings. The van der Waals surface area contributed by atoms with E-state index in [0.717, 1.165) is 28.7 Å². The average Bonchev–Trinajstić information content (AvgIpc) is 3.35. The second-order valence-electron chi connectivity index (χ2n) is 6.55. The van der Waals surface area contributed by atoms with Gasteiger partial charge in [0.1, 0.15) is 0 Å². The fourth-order valence-corrected chi connectivity index (χ4v) is 4.91. The Labute approximate surface area is 182 Å². The van der Waals surface area contributed by atoms with E-state index in [1.165, 1.54) is 28.7 Å². The average molecular weight is 444 g/mol. The Morgan fingerprint density at radius 3 is 2.79 bits per heavy atom. The molecule has 2 heterocycles. The summed E-state index contributed by atoms with van der Waals surface area (Å²) < 4.78 is 0.779. The van der Waals surface area contributed by atoms with Crippen molar-refractivity contribution in [2.24, 2.45) is 0 Å². The molecule has 148 valence electrons. The first-order valence-corrected chi connectivity index (χ1v) is 11.3. The van der Waals surface area contributed by atoms with Crippen LogP contribution in [0, 0.1) is 0 Å².